The normalized spacial score (nSPS) is 11.7. The van der Waals surface area contributed by atoms with Crippen molar-refractivity contribution in [2.75, 3.05) is 9.80 Å². The summed E-state index contributed by atoms with van der Waals surface area (Å²) in [5.74, 6) is 0. The minimum atomic E-state index is 1.09. The van der Waals surface area contributed by atoms with E-state index in [1.165, 1.54) is 61.9 Å². The first-order valence-corrected chi connectivity index (χ1v) is 19.9. The summed E-state index contributed by atoms with van der Waals surface area (Å²) in [6, 6.07) is 70.8. The maximum atomic E-state index is 2.39. The first kappa shape index (κ1) is 31.1. The SMILES string of the molecule is c1ccc(N(c2cccc(N(c3ccccc3)c3ccc4c(c3)c3ccccc3c3c5ccccc5sc43)c2)c2ccc3c(c2)sc2ccccc23)cc1. The van der Waals surface area contributed by atoms with E-state index in [-0.39, 0.29) is 0 Å². The number of nitrogens with zero attached hydrogens (tertiary/aromatic N) is 2. The number of hydrogen-bond acceptors (Lipinski definition) is 4. The lowest BCUT2D eigenvalue weighted by atomic mass is 9.96. The van der Waals surface area contributed by atoms with E-state index in [1.54, 1.807) is 0 Å². The third-order valence-corrected chi connectivity index (χ3v) is 12.9. The maximum absolute atomic E-state index is 2.39. The van der Waals surface area contributed by atoms with Gasteiger partial charge in [0.15, 0.2) is 0 Å². The summed E-state index contributed by atoms with van der Waals surface area (Å²) in [5.41, 5.74) is 6.67. The zero-order valence-corrected chi connectivity index (χ0v) is 30.8. The molecule has 254 valence electrons. The van der Waals surface area contributed by atoms with E-state index in [2.05, 4.69) is 204 Å². The van der Waals surface area contributed by atoms with Crippen molar-refractivity contribution in [2.45, 2.75) is 0 Å². The van der Waals surface area contributed by atoms with E-state index in [1.807, 2.05) is 22.7 Å². The number of para-hydroxylation sites is 2. The summed E-state index contributed by atoms with van der Waals surface area (Å²) < 4.78 is 5.27. The fourth-order valence-corrected chi connectivity index (χ4v) is 10.6. The van der Waals surface area contributed by atoms with Crippen LogP contribution in [0.1, 0.15) is 0 Å². The molecule has 0 spiro atoms. The van der Waals surface area contributed by atoms with E-state index in [0.29, 0.717) is 0 Å². The lowest BCUT2D eigenvalue weighted by molar-refractivity contribution is 1.25. The summed E-state index contributed by atoms with van der Waals surface area (Å²) in [5, 5.41) is 10.4. The van der Waals surface area contributed by atoms with E-state index in [4.69, 9.17) is 0 Å². The molecule has 0 N–H and O–H groups in total. The Balaban J connectivity index is 1.11. The van der Waals surface area contributed by atoms with Crippen molar-refractivity contribution in [2.24, 2.45) is 0 Å². The highest BCUT2D eigenvalue weighted by atomic mass is 32.1. The maximum Gasteiger partial charge on any atom is 0.0482 e. The van der Waals surface area contributed by atoms with Crippen LogP contribution in [0.15, 0.2) is 194 Å². The van der Waals surface area contributed by atoms with Gasteiger partial charge < -0.3 is 9.80 Å². The van der Waals surface area contributed by atoms with Crippen molar-refractivity contribution in [3.8, 4) is 0 Å². The summed E-state index contributed by atoms with van der Waals surface area (Å²) in [7, 11) is 0. The first-order chi connectivity index (χ1) is 26.8. The third kappa shape index (κ3) is 4.99. The smallest absolute Gasteiger partial charge is 0.0482 e. The number of fused-ring (bicyclic) bond motifs is 11. The molecule has 11 rings (SSSR count). The standard InChI is InChI=1S/C50H32N2S2/c1-3-14-33(15-4-1)51(37-27-29-43-45(31-37)39-20-7-8-22-42(39)49-44-23-10-12-25-47(44)54-50(43)49)35-18-13-19-36(30-35)52(34-16-5-2-6-17-34)38-26-28-41-40-21-9-11-24-46(40)53-48(41)32-38/h1-32H. The minimum absolute atomic E-state index is 1.09. The van der Waals surface area contributed by atoms with Gasteiger partial charge in [-0.1, -0.05) is 115 Å². The molecule has 2 aromatic heterocycles. The molecule has 2 nitrogen and oxygen atoms in total. The molecular formula is C50H32N2S2. The monoisotopic (exact) mass is 724 g/mol. The largest absolute Gasteiger partial charge is 0.310 e. The molecule has 0 aliphatic rings. The molecule has 0 bridgehead atoms. The second kappa shape index (κ2) is 12.6. The molecule has 0 amide bonds. The summed E-state index contributed by atoms with van der Waals surface area (Å²) >= 11 is 3.75. The fourth-order valence-electron chi connectivity index (χ4n) is 8.20. The van der Waals surface area contributed by atoms with Crippen LogP contribution in [0.3, 0.4) is 0 Å². The first-order valence-electron chi connectivity index (χ1n) is 18.3. The van der Waals surface area contributed by atoms with Crippen LogP contribution < -0.4 is 9.80 Å². The Labute approximate surface area is 321 Å². The lowest BCUT2D eigenvalue weighted by Crippen LogP contribution is -2.13. The number of thiophene rings is 2. The van der Waals surface area contributed by atoms with Crippen LogP contribution in [0, 0.1) is 0 Å². The van der Waals surface area contributed by atoms with Crippen molar-refractivity contribution in [3.05, 3.63) is 194 Å². The Hall–Kier alpha value is -6.46. The molecule has 0 aliphatic heterocycles. The second-order valence-electron chi connectivity index (χ2n) is 13.7. The highest BCUT2D eigenvalue weighted by Gasteiger charge is 2.20. The predicted octanol–water partition coefficient (Wildman–Crippen LogP) is 15.7. The second-order valence-corrected chi connectivity index (χ2v) is 15.9. The zero-order valence-electron chi connectivity index (χ0n) is 29.2. The number of anilines is 6. The number of rotatable bonds is 6. The van der Waals surface area contributed by atoms with Crippen molar-refractivity contribution in [3.63, 3.8) is 0 Å². The summed E-state index contributed by atoms with van der Waals surface area (Å²) in [6.45, 7) is 0. The van der Waals surface area contributed by atoms with Gasteiger partial charge in [0.1, 0.15) is 0 Å². The third-order valence-electron chi connectivity index (χ3n) is 10.6. The zero-order chi connectivity index (χ0) is 35.6. The van der Waals surface area contributed by atoms with Gasteiger partial charge in [-0.25, -0.2) is 0 Å². The molecule has 9 aromatic carbocycles. The van der Waals surface area contributed by atoms with Gasteiger partial charge in [-0.05, 0) is 95.0 Å². The summed E-state index contributed by atoms with van der Waals surface area (Å²) in [6.07, 6.45) is 0. The predicted molar refractivity (Wildman–Crippen MR) is 237 cm³/mol. The van der Waals surface area contributed by atoms with Crippen LogP contribution >= 0.6 is 22.7 Å². The van der Waals surface area contributed by atoms with Gasteiger partial charge in [0.25, 0.3) is 0 Å². The van der Waals surface area contributed by atoms with Gasteiger partial charge >= 0.3 is 0 Å². The van der Waals surface area contributed by atoms with E-state index in [0.717, 1.165) is 34.1 Å². The average molecular weight is 725 g/mol. The van der Waals surface area contributed by atoms with Crippen molar-refractivity contribution >= 4 is 119 Å². The van der Waals surface area contributed by atoms with Crippen LogP contribution in [-0.2, 0) is 0 Å². The average Bonchev–Trinajstić information content (AvgIpc) is 3.81. The Morgan fingerprint density at radius 1 is 0.259 bits per heavy atom. The van der Waals surface area contributed by atoms with Crippen molar-refractivity contribution in [1.29, 1.82) is 0 Å². The summed E-state index contributed by atoms with van der Waals surface area (Å²) in [4.78, 5) is 4.77. The van der Waals surface area contributed by atoms with E-state index in [9.17, 15) is 0 Å². The van der Waals surface area contributed by atoms with Gasteiger partial charge in [-0.3, -0.25) is 0 Å². The Morgan fingerprint density at radius 3 is 1.43 bits per heavy atom. The van der Waals surface area contributed by atoms with Gasteiger partial charge in [-0.2, -0.15) is 0 Å². The van der Waals surface area contributed by atoms with Gasteiger partial charge in [0, 0.05) is 79.9 Å². The molecule has 0 atom stereocenters. The molecule has 0 saturated carbocycles. The molecule has 54 heavy (non-hydrogen) atoms. The van der Waals surface area contributed by atoms with E-state index >= 15 is 0 Å². The fraction of sp³-hybridized carbons (Fsp3) is 0. The number of benzene rings is 9. The van der Waals surface area contributed by atoms with E-state index < -0.39 is 0 Å². The minimum Gasteiger partial charge on any atom is -0.310 e. The van der Waals surface area contributed by atoms with Gasteiger partial charge in [0.2, 0.25) is 0 Å². The molecule has 4 heteroatoms. The van der Waals surface area contributed by atoms with Crippen LogP contribution in [0.2, 0.25) is 0 Å². The molecule has 11 aromatic rings. The topological polar surface area (TPSA) is 6.48 Å². The van der Waals surface area contributed by atoms with Crippen molar-refractivity contribution < 1.29 is 0 Å². The molecule has 0 unspecified atom stereocenters. The van der Waals surface area contributed by atoms with Crippen LogP contribution in [-0.4, -0.2) is 0 Å². The van der Waals surface area contributed by atoms with Crippen LogP contribution in [0.25, 0.3) is 61.9 Å². The van der Waals surface area contributed by atoms with Crippen LogP contribution in [0.4, 0.5) is 34.1 Å². The Bertz CT molecular complexity index is 3180. The molecule has 0 aliphatic carbocycles. The van der Waals surface area contributed by atoms with Gasteiger partial charge in [-0.15, -0.1) is 22.7 Å². The molecule has 0 fully saturated rings. The molecule has 0 radical (unpaired) electrons. The quantitative estimate of drug-likeness (QED) is 0.158. The number of hydrogen-bond donors (Lipinski definition) is 0. The molecule has 0 saturated heterocycles. The van der Waals surface area contributed by atoms with Gasteiger partial charge in [0.05, 0.1) is 0 Å². The Morgan fingerprint density at radius 2 is 0.741 bits per heavy atom. The highest BCUT2D eigenvalue weighted by molar-refractivity contribution is 7.27. The highest BCUT2D eigenvalue weighted by Crippen LogP contribution is 2.47. The molecule has 2 heterocycles. The molecular weight excluding hydrogens is 693 g/mol. The van der Waals surface area contributed by atoms with Crippen LogP contribution in [0.5, 0.6) is 0 Å². The lowest BCUT2D eigenvalue weighted by Gasteiger charge is -2.29. The van der Waals surface area contributed by atoms with Crippen molar-refractivity contribution in [1.82, 2.24) is 0 Å². The Kier molecular flexibility index (Phi) is 7.25.